The molecule has 1 fully saturated rings. The molecule has 0 aromatic heterocycles. The molecule has 1 aromatic rings. The highest BCUT2D eigenvalue weighted by atomic mass is 19.1. The highest BCUT2D eigenvalue weighted by Gasteiger charge is 2.47. The van der Waals surface area contributed by atoms with Gasteiger partial charge in [0.1, 0.15) is 5.82 Å². The molecule has 4 nitrogen and oxygen atoms in total. The molecule has 22 heavy (non-hydrogen) atoms. The largest absolute Gasteiger partial charge is 0.465 e. The Hall–Kier alpha value is -1.78. The van der Waals surface area contributed by atoms with Gasteiger partial charge in [0.2, 0.25) is 0 Å². The van der Waals surface area contributed by atoms with Crippen molar-refractivity contribution in [3.8, 4) is 0 Å². The molecule has 2 aliphatic heterocycles. The molecule has 2 aliphatic rings. The van der Waals surface area contributed by atoms with Crippen molar-refractivity contribution >= 4 is 11.8 Å². The lowest BCUT2D eigenvalue weighted by Gasteiger charge is -2.41. The average molecular weight is 306 g/mol. The van der Waals surface area contributed by atoms with Gasteiger partial charge in [0.05, 0.1) is 0 Å². The van der Waals surface area contributed by atoms with Gasteiger partial charge in [-0.25, -0.2) is 9.18 Å². The van der Waals surface area contributed by atoms with Crippen molar-refractivity contribution < 1.29 is 14.3 Å². The van der Waals surface area contributed by atoms with Gasteiger partial charge in [-0.1, -0.05) is 0 Å². The number of anilines is 1. The average Bonchev–Trinajstić information content (AvgIpc) is 2.74. The zero-order chi connectivity index (χ0) is 16.1. The van der Waals surface area contributed by atoms with Gasteiger partial charge in [-0.05, 0) is 57.4 Å². The maximum absolute atomic E-state index is 13.8. The summed E-state index contributed by atoms with van der Waals surface area (Å²) in [7, 11) is 0. The molecule has 0 atom stereocenters. The van der Waals surface area contributed by atoms with Crippen LogP contribution in [0.2, 0.25) is 0 Å². The summed E-state index contributed by atoms with van der Waals surface area (Å²) in [6.07, 6.45) is 0.644. The molecular formula is C17H23FN2O2. The molecule has 1 N–H and O–H groups in total. The van der Waals surface area contributed by atoms with Gasteiger partial charge in [-0.3, -0.25) is 0 Å². The zero-order valence-corrected chi connectivity index (χ0v) is 13.4. The summed E-state index contributed by atoms with van der Waals surface area (Å²) >= 11 is 0. The Morgan fingerprint density at radius 3 is 2.45 bits per heavy atom. The summed E-state index contributed by atoms with van der Waals surface area (Å²) in [5.74, 6) is -0.213. The molecule has 3 rings (SSSR count). The van der Waals surface area contributed by atoms with Crippen molar-refractivity contribution in [3.05, 3.63) is 29.6 Å². The van der Waals surface area contributed by atoms with Crippen molar-refractivity contribution in [3.63, 3.8) is 0 Å². The second-order valence-corrected chi connectivity index (χ2v) is 7.47. The van der Waals surface area contributed by atoms with E-state index in [1.807, 2.05) is 6.07 Å². The number of halogens is 1. The van der Waals surface area contributed by atoms with E-state index in [4.69, 9.17) is 5.11 Å². The number of piperidine rings is 1. The molecule has 0 saturated carbocycles. The summed E-state index contributed by atoms with van der Waals surface area (Å²) in [5, 5.41) is 9.15. The van der Waals surface area contributed by atoms with Gasteiger partial charge < -0.3 is 14.9 Å². The van der Waals surface area contributed by atoms with Crippen LogP contribution in [0.15, 0.2) is 18.2 Å². The summed E-state index contributed by atoms with van der Waals surface area (Å²) < 4.78 is 13.8. The topological polar surface area (TPSA) is 43.8 Å². The summed E-state index contributed by atoms with van der Waals surface area (Å²) in [5.41, 5.74) is 1.97. The van der Waals surface area contributed by atoms with Crippen molar-refractivity contribution in [1.82, 2.24) is 4.90 Å². The first-order valence-electron chi connectivity index (χ1n) is 7.78. The Morgan fingerprint density at radius 2 is 1.91 bits per heavy atom. The van der Waals surface area contributed by atoms with Crippen LogP contribution in [0.1, 0.15) is 39.2 Å². The molecule has 2 heterocycles. The molecule has 5 heteroatoms. The number of likely N-dealkylation sites (tertiary alicyclic amines) is 1. The van der Waals surface area contributed by atoms with E-state index in [2.05, 4.69) is 25.7 Å². The Balaban J connectivity index is 1.98. The van der Waals surface area contributed by atoms with Gasteiger partial charge in [0.15, 0.2) is 0 Å². The predicted octanol–water partition coefficient (Wildman–Crippen LogP) is 3.46. The maximum atomic E-state index is 13.8. The summed E-state index contributed by atoms with van der Waals surface area (Å²) in [4.78, 5) is 14.9. The molecule has 120 valence electrons. The van der Waals surface area contributed by atoms with Crippen LogP contribution in [0.5, 0.6) is 0 Å². The van der Waals surface area contributed by atoms with Gasteiger partial charge >= 0.3 is 6.09 Å². The van der Waals surface area contributed by atoms with Crippen LogP contribution in [0.25, 0.3) is 0 Å². The van der Waals surface area contributed by atoms with Gasteiger partial charge in [-0.2, -0.15) is 0 Å². The Morgan fingerprint density at radius 1 is 1.27 bits per heavy atom. The third kappa shape index (κ3) is 2.32. The minimum atomic E-state index is -0.861. The fraction of sp³-hybridized carbons (Fsp3) is 0.588. The maximum Gasteiger partial charge on any atom is 0.407 e. The van der Waals surface area contributed by atoms with E-state index >= 15 is 0 Å². The van der Waals surface area contributed by atoms with Gasteiger partial charge in [-0.15, -0.1) is 0 Å². The van der Waals surface area contributed by atoms with Crippen LogP contribution < -0.4 is 4.90 Å². The summed E-state index contributed by atoms with van der Waals surface area (Å²) in [6, 6.07) is 5.04. The number of fused-ring (bicyclic) bond motifs is 2. The Labute approximate surface area is 130 Å². The quantitative estimate of drug-likeness (QED) is 0.798. The third-order valence-electron chi connectivity index (χ3n) is 5.08. The zero-order valence-electron chi connectivity index (χ0n) is 13.4. The number of amides is 1. The normalized spacial score (nSPS) is 20.4. The Kier molecular flexibility index (Phi) is 3.34. The van der Waals surface area contributed by atoms with Crippen LogP contribution in [0, 0.1) is 5.82 Å². The second kappa shape index (κ2) is 4.86. The van der Waals surface area contributed by atoms with Crippen LogP contribution in [0.4, 0.5) is 14.9 Å². The lowest BCUT2D eigenvalue weighted by molar-refractivity contribution is 0.118. The fourth-order valence-corrected chi connectivity index (χ4v) is 3.79. The van der Waals surface area contributed by atoms with Crippen LogP contribution >= 0.6 is 0 Å². The predicted molar refractivity (Wildman–Crippen MR) is 84.0 cm³/mol. The van der Waals surface area contributed by atoms with Crippen molar-refractivity contribution in [2.24, 2.45) is 0 Å². The standard InChI is InChI=1S/C17H23FN2O2/c1-16(2,3)20-11-17(6-8-19(9-7-17)15(21)22)13-10-12(18)4-5-14(13)20/h4-5,10H,6-9,11H2,1-3H3,(H,21,22). The highest BCUT2D eigenvalue weighted by Crippen LogP contribution is 2.49. The molecule has 0 bridgehead atoms. The monoisotopic (exact) mass is 306 g/mol. The van der Waals surface area contributed by atoms with Gasteiger partial charge in [0.25, 0.3) is 0 Å². The minimum Gasteiger partial charge on any atom is -0.465 e. The van der Waals surface area contributed by atoms with Crippen molar-refractivity contribution in [2.75, 3.05) is 24.5 Å². The number of hydrogen-bond donors (Lipinski definition) is 1. The fourth-order valence-electron chi connectivity index (χ4n) is 3.79. The smallest absolute Gasteiger partial charge is 0.407 e. The number of rotatable bonds is 0. The number of nitrogens with zero attached hydrogens (tertiary/aromatic N) is 2. The number of hydrogen-bond acceptors (Lipinski definition) is 2. The van der Waals surface area contributed by atoms with E-state index in [1.165, 1.54) is 11.0 Å². The van der Waals surface area contributed by atoms with Gasteiger partial charge in [0, 0.05) is 36.3 Å². The van der Waals surface area contributed by atoms with E-state index < -0.39 is 6.09 Å². The van der Waals surface area contributed by atoms with E-state index in [9.17, 15) is 9.18 Å². The summed E-state index contributed by atoms with van der Waals surface area (Å²) in [6.45, 7) is 8.35. The van der Waals surface area contributed by atoms with Crippen LogP contribution in [-0.2, 0) is 5.41 Å². The van der Waals surface area contributed by atoms with Crippen LogP contribution in [-0.4, -0.2) is 41.3 Å². The second-order valence-electron chi connectivity index (χ2n) is 7.47. The number of carbonyl (C=O) groups is 1. The van der Waals surface area contributed by atoms with E-state index in [0.717, 1.165) is 30.6 Å². The molecule has 1 saturated heterocycles. The van der Waals surface area contributed by atoms with Crippen molar-refractivity contribution in [2.45, 2.75) is 44.6 Å². The highest BCUT2D eigenvalue weighted by molar-refractivity contribution is 5.67. The first kappa shape index (κ1) is 15.1. The first-order valence-corrected chi connectivity index (χ1v) is 7.78. The SMILES string of the molecule is CC(C)(C)N1CC2(CCN(C(=O)O)CC2)c2cc(F)ccc21. The van der Waals surface area contributed by atoms with Crippen molar-refractivity contribution in [1.29, 1.82) is 0 Å². The molecule has 1 amide bonds. The minimum absolute atomic E-state index is 0.0417. The number of carboxylic acid groups (broad SMARTS) is 1. The first-order chi connectivity index (χ1) is 10.2. The molecule has 1 spiro atoms. The third-order valence-corrected chi connectivity index (χ3v) is 5.08. The molecule has 0 aliphatic carbocycles. The molecular weight excluding hydrogens is 283 g/mol. The lowest BCUT2D eigenvalue weighted by atomic mass is 9.74. The Bertz CT molecular complexity index is 601. The van der Waals surface area contributed by atoms with E-state index in [0.29, 0.717) is 13.1 Å². The molecule has 0 radical (unpaired) electrons. The molecule has 0 unspecified atom stereocenters. The molecule has 1 aromatic carbocycles. The van der Waals surface area contributed by atoms with E-state index in [1.54, 1.807) is 6.07 Å². The lowest BCUT2D eigenvalue weighted by Crippen LogP contribution is -2.49. The van der Waals surface area contributed by atoms with E-state index in [-0.39, 0.29) is 16.8 Å². The van der Waals surface area contributed by atoms with Crippen LogP contribution in [0.3, 0.4) is 0 Å². The number of benzene rings is 1.